The Balaban J connectivity index is 1.37. The zero-order chi connectivity index (χ0) is 23.4. The maximum Gasteiger partial charge on any atom is 0.293 e. The smallest absolute Gasteiger partial charge is 0.293 e. The van der Waals surface area contributed by atoms with E-state index in [1.807, 2.05) is 35.2 Å². The van der Waals surface area contributed by atoms with E-state index in [1.165, 1.54) is 6.07 Å². The van der Waals surface area contributed by atoms with Gasteiger partial charge < -0.3 is 15.0 Å². The topological polar surface area (TPSA) is 88.0 Å². The van der Waals surface area contributed by atoms with Crippen LogP contribution >= 0.6 is 0 Å². The minimum absolute atomic E-state index is 0.102. The van der Waals surface area contributed by atoms with Crippen molar-refractivity contribution in [2.75, 3.05) is 38.0 Å². The van der Waals surface area contributed by atoms with Crippen molar-refractivity contribution in [2.24, 2.45) is 5.92 Å². The Morgan fingerprint density at radius 1 is 1.09 bits per heavy atom. The molecular weight excluding hydrogens is 420 g/mol. The Morgan fingerprint density at radius 3 is 2.39 bits per heavy atom. The van der Waals surface area contributed by atoms with Gasteiger partial charge in [0.25, 0.3) is 11.6 Å². The quantitative estimate of drug-likeness (QED) is 0.519. The summed E-state index contributed by atoms with van der Waals surface area (Å²) >= 11 is 0. The molecule has 4 rings (SSSR count). The van der Waals surface area contributed by atoms with Crippen LogP contribution in [0, 0.1) is 16.0 Å². The van der Waals surface area contributed by atoms with E-state index in [-0.39, 0.29) is 23.8 Å². The molecule has 1 amide bonds. The van der Waals surface area contributed by atoms with Crippen molar-refractivity contribution >= 4 is 23.0 Å². The first kappa shape index (κ1) is 23.2. The van der Waals surface area contributed by atoms with Crippen LogP contribution in [0.4, 0.5) is 17.1 Å². The van der Waals surface area contributed by atoms with Crippen LogP contribution < -0.4 is 5.32 Å². The molecule has 2 aromatic rings. The molecule has 2 fully saturated rings. The summed E-state index contributed by atoms with van der Waals surface area (Å²) in [4.78, 5) is 28.6. The van der Waals surface area contributed by atoms with E-state index in [0.29, 0.717) is 30.3 Å². The summed E-state index contributed by atoms with van der Waals surface area (Å²) in [6.45, 7) is 8.53. The minimum atomic E-state index is -0.446. The van der Waals surface area contributed by atoms with E-state index >= 15 is 0 Å². The van der Waals surface area contributed by atoms with Crippen molar-refractivity contribution in [3.05, 3.63) is 64.2 Å². The summed E-state index contributed by atoms with van der Waals surface area (Å²) in [5, 5.41) is 14.7. The first-order valence-electron chi connectivity index (χ1n) is 11.7. The summed E-state index contributed by atoms with van der Waals surface area (Å²) in [5.74, 6) is 0.412. The van der Waals surface area contributed by atoms with E-state index in [0.717, 1.165) is 38.2 Å². The molecule has 0 aromatic heterocycles. The number of amides is 1. The molecule has 2 aliphatic rings. The van der Waals surface area contributed by atoms with Crippen LogP contribution in [0.1, 0.15) is 37.0 Å². The van der Waals surface area contributed by atoms with Gasteiger partial charge in [0.15, 0.2) is 0 Å². The summed E-state index contributed by atoms with van der Waals surface area (Å²) in [7, 11) is 0. The Morgan fingerprint density at radius 2 is 1.76 bits per heavy atom. The number of morpholine rings is 1. The minimum Gasteiger partial charge on any atom is -0.373 e. The SMILES string of the molecule is CC1CN(CC2CCN(C(=O)c3ccc(Nc4ccccc4)c([N+](=O)[O-])c3)CC2)CC(C)O1. The van der Waals surface area contributed by atoms with Crippen LogP contribution in [0.5, 0.6) is 0 Å². The molecule has 0 aliphatic carbocycles. The highest BCUT2D eigenvalue weighted by Gasteiger charge is 2.29. The lowest BCUT2D eigenvalue weighted by molar-refractivity contribution is -0.383. The van der Waals surface area contributed by atoms with E-state index in [4.69, 9.17) is 4.74 Å². The molecule has 8 nitrogen and oxygen atoms in total. The number of rotatable bonds is 6. The molecule has 1 N–H and O–H groups in total. The molecule has 0 saturated carbocycles. The predicted octanol–water partition coefficient (Wildman–Crippen LogP) is 4.30. The summed E-state index contributed by atoms with van der Waals surface area (Å²) in [6.07, 6.45) is 2.40. The second kappa shape index (κ2) is 10.3. The molecule has 2 aliphatic heterocycles. The summed E-state index contributed by atoms with van der Waals surface area (Å²) in [5.41, 5.74) is 1.38. The van der Waals surface area contributed by atoms with Gasteiger partial charge in [0.2, 0.25) is 0 Å². The third-order valence-corrected chi connectivity index (χ3v) is 6.41. The van der Waals surface area contributed by atoms with Gasteiger partial charge in [0.1, 0.15) is 5.69 Å². The second-order valence-corrected chi connectivity index (χ2v) is 9.19. The first-order chi connectivity index (χ1) is 15.9. The molecule has 2 heterocycles. The number of carbonyl (C=O) groups is 1. The number of benzene rings is 2. The predicted molar refractivity (Wildman–Crippen MR) is 128 cm³/mol. The van der Waals surface area contributed by atoms with Crippen LogP contribution in [0.15, 0.2) is 48.5 Å². The van der Waals surface area contributed by atoms with Crippen molar-refractivity contribution in [3.63, 3.8) is 0 Å². The third kappa shape index (κ3) is 5.89. The number of nitro benzene ring substituents is 1. The largest absolute Gasteiger partial charge is 0.373 e. The average molecular weight is 453 g/mol. The molecule has 8 heteroatoms. The molecule has 2 unspecified atom stereocenters. The summed E-state index contributed by atoms with van der Waals surface area (Å²) in [6, 6.07) is 13.9. The molecule has 2 saturated heterocycles. The molecule has 0 bridgehead atoms. The first-order valence-corrected chi connectivity index (χ1v) is 11.7. The van der Waals surface area contributed by atoms with Crippen molar-refractivity contribution < 1.29 is 14.5 Å². The maximum absolute atomic E-state index is 13.1. The zero-order valence-electron chi connectivity index (χ0n) is 19.3. The lowest BCUT2D eigenvalue weighted by Gasteiger charge is -2.39. The number of hydrogen-bond acceptors (Lipinski definition) is 6. The molecule has 33 heavy (non-hydrogen) atoms. The monoisotopic (exact) mass is 452 g/mol. The van der Waals surface area contributed by atoms with Gasteiger partial charge in [-0.1, -0.05) is 18.2 Å². The molecule has 176 valence electrons. The molecule has 0 spiro atoms. The summed E-state index contributed by atoms with van der Waals surface area (Å²) < 4.78 is 5.82. The highest BCUT2D eigenvalue weighted by molar-refractivity contribution is 5.96. The van der Waals surface area contributed by atoms with Crippen LogP contribution in [0.3, 0.4) is 0 Å². The fourth-order valence-electron chi connectivity index (χ4n) is 4.90. The average Bonchev–Trinajstić information content (AvgIpc) is 2.79. The Kier molecular flexibility index (Phi) is 7.25. The van der Waals surface area contributed by atoms with E-state index < -0.39 is 4.92 Å². The fourth-order valence-corrected chi connectivity index (χ4v) is 4.90. The number of ether oxygens (including phenoxy) is 1. The maximum atomic E-state index is 13.1. The lowest BCUT2D eigenvalue weighted by Crippen LogP contribution is -2.48. The Hall–Kier alpha value is -2.97. The molecule has 2 atom stereocenters. The number of hydrogen-bond donors (Lipinski definition) is 1. The van der Waals surface area contributed by atoms with Gasteiger partial charge in [-0.2, -0.15) is 0 Å². The lowest BCUT2D eigenvalue weighted by atomic mass is 9.95. The van der Waals surface area contributed by atoms with Crippen molar-refractivity contribution in [1.29, 1.82) is 0 Å². The number of nitrogens with one attached hydrogen (secondary N) is 1. The van der Waals surface area contributed by atoms with Gasteiger partial charge in [-0.25, -0.2) is 0 Å². The highest BCUT2D eigenvalue weighted by Crippen LogP contribution is 2.30. The second-order valence-electron chi connectivity index (χ2n) is 9.19. The number of carbonyl (C=O) groups excluding carboxylic acids is 1. The number of para-hydroxylation sites is 1. The highest BCUT2D eigenvalue weighted by atomic mass is 16.6. The van der Waals surface area contributed by atoms with Crippen LogP contribution in [0.25, 0.3) is 0 Å². The number of anilines is 2. The van der Waals surface area contributed by atoms with Gasteiger partial charge >= 0.3 is 0 Å². The number of likely N-dealkylation sites (tertiary alicyclic amines) is 1. The van der Waals surface area contributed by atoms with Gasteiger partial charge in [0, 0.05) is 50.0 Å². The zero-order valence-corrected chi connectivity index (χ0v) is 19.3. The number of piperidine rings is 1. The molecule has 2 aromatic carbocycles. The van der Waals surface area contributed by atoms with Crippen LogP contribution in [0.2, 0.25) is 0 Å². The third-order valence-electron chi connectivity index (χ3n) is 6.41. The number of nitrogens with zero attached hydrogens (tertiary/aromatic N) is 3. The molecular formula is C25H32N4O4. The number of nitro groups is 1. The van der Waals surface area contributed by atoms with Crippen LogP contribution in [-0.4, -0.2) is 65.6 Å². The van der Waals surface area contributed by atoms with Crippen molar-refractivity contribution in [2.45, 2.75) is 38.9 Å². The van der Waals surface area contributed by atoms with E-state index in [1.54, 1.807) is 12.1 Å². The Labute approximate surface area is 194 Å². The van der Waals surface area contributed by atoms with Gasteiger partial charge in [-0.15, -0.1) is 0 Å². The fraction of sp³-hybridized carbons (Fsp3) is 0.480. The van der Waals surface area contributed by atoms with Crippen molar-refractivity contribution in [1.82, 2.24) is 9.80 Å². The van der Waals surface area contributed by atoms with Gasteiger partial charge in [0.05, 0.1) is 17.1 Å². The standard InChI is InChI=1S/C25H32N4O4/c1-18-15-27(16-19(2)33-18)17-20-10-12-28(13-11-20)25(30)21-8-9-23(24(14-21)29(31)32)26-22-6-4-3-5-7-22/h3-9,14,18-20,26H,10-13,15-17H2,1-2H3. The normalized spacial score (nSPS) is 22.2. The van der Waals surface area contributed by atoms with Gasteiger partial charge in [-0.05, 0) is 56.9 Å². The molecule has 0 radical (unpaired) electrons. The van der Waals surface area contributed by atoms with Crippen molar-refractivity contribution in [3.8, 4) is 0 Å². The van der Waals surface area contributed by atoms with Gasteiger partial charge in [-0.3, -0.25) is 19.8 Å². The van der Waals surface area contributed by atoms with E-state index in [9.17, 15) is 14.9 Å². The van der Waals surface area contributed by atoms with Crippen LogP contribution in [-0.2, 0) is 4.74 Å². The Bertz CT molecular complexity index is 966. The van der Waals surface area contributed by atoms with E-state index in [2.05, 4.69) is 24.1 Å².